The van der Waals surface area contributed by atoms with Crippen LogP contribution in [0.4, 0.5) is 17.3 Å². The van der Waals surface area contributed by atoms with Crippen LogP contribution >= 0.6 is 11.3 Å². The monoisotopic (exact) mass is 403 g/mol. The first-order valence-electron chi connectivity index (χ1n) is 9.99. The van der Waals surface area contributed by atoms with E-state index in [0.717, 1.165) is 66.6 Å². The van der Waals surface area contributed by atoms with E-state index >= 15 is 0 Å². The van der Waals surface area contributed by atoms with Crippen molar-refractivity contribution in [3.8, 4) is 0 Å². The molecule has 0 saturated heterocycles. The van der Waals surface area contributed by atoms with Crippen LogP contribution in [0.15, 0.2) is 36.9 Å². The van der Waals surface area contributed by atoms with Crippen molar-refractivity contribution in [1.29, 1.82) is 0 Å². The maximum absolute atomic E-state index is 4.82. The van der Waals surface area contributed by atoms with Gasteiger partial charge >= 0.3 is 0 Å². The highest BCUT2D eigenvalue weighted by atomic mass is 32.1. The highest BCUT2D eigenvalue weighted by Crippen LogP contribution is 2.34. The Hall–Kier alpha value is -3.00. The average molecular weight is 404 g/mol. The van der Waals surface area contributed by atoms with Crippen LogP contribution in [-0.2, 0) is 19.5 Å². The number of thiophene rings is 1. The fourth-order valence-electron chi connectivity index (χ4n) is 4.44. The molecule has 4 aromatic heterocycles. The van der Waals surface area contributed by atoms with Crippen LogP contribution in [0.2, 0.25) is 0 Å². The topological polar surface area (TPSA) is 63.0 Å². The second-order valence-electron chi connectivity index (χ2n) is 7.66. The molecule has 29 heavy (non-hydrogen) atoms. The standard InChI is InChI=1S/C21H21N7S/c1-14-9-17-20(23-13-24-21(17)29-14)26-8-4-18-15(12-26)10-16(11-22-18)27-6-2-7-28-19(27)3-5-25-28/h3,5,9-11,13H,2,4,6-8,12H2,1H3. The molecule has 6 heterocycles. The average Bonchev–Trinajstić information content (AvgIpc) is 3.38. The van der Waals surface area contributed by atoms with Gasteiger partial charge in [0.15, 0.2) is 0 Å². The summed E-state index contributed by atoms with van der Waals surface area (Å²) in [5.41, 5.74) is 3.62. The van der Waals surface area contributed by atoms with Crippen LogP contribution in [0.1, 0.15) is 22.6 Å². The van der Waals surface area contributed by atoms with Gasteiger partial charge < -0.3 is 9.80 Å². The summed E-state index contributed by atoms with van der Waals surface area (Å²) >= 11 is 1.73. The highest BCUT2D eigenvalue weighted by Gasteiger charge is 2.24. The van der Waals surface area contributed by atoms with Crippen LogP contribution in [-0.4, -0.2) is 37.8 Å². The second kappa shape index (κ2) is 6.52. The highest BCUT2D eigenvalue weighted by molar-refractivity contribution is 7.18. The Morgan fingerprint density at radius 2 is 2.03 bits per heavy atom. The van der Waals surface area contributed by atoms with E-state index in [0.29, 0.717) is 0 Å². The fraction of sp³-hybridized carbons (Fsp3) is 0.333. The zero-order valence-electron chi connectivity index (χ0n) is 16.2. The minimum atomic E-state index is 0.824. The van der Waals surface area contributed by atoms with Gasteiger partial charge in [-0.2, -0.15) is 5.10 Å². The molecular formula is C21H21N7S. The van der Waals surface area contributed by atoms with E-state index in [-0.39, 0.29) is 0 Å². The molecule has 2 aliphatic heterocycles. The van der Waals surface area contributed by atoms with E-state index in [2.05, 4.69) is 54.7 Å². The van der Waals surface area contributed by atoms with E-state index < -0.39 is 0 Å². The molecular weight excluding hydrogens is 382 g/mol. The molecule has 8 heteroatoms. The molecule has 146 valence electrons. The summed E-state index contributed by atoms with van der Waals surface area (Å²) in [6.07, 6.45) is 7.61. The van der Waals surface area contributed by atoms with E-state index in [1.807, 2.05) is 12.4 Å². The number of aryl methyl sites for hydroxylation is 2. The predicted octanol–water partition coefficient (Wildman–Crippen LogP) is 3.70. The number of aromatic nitrogens is 5. The van der Waals surface area contributed by atoms with Crippen molar-refractivity contribution in [2.75, 3.05) is 22.9 Å². The molecule has 0 radical (unpaired) electrons. The molecule has 0 N–H and O–H groups in total. The van der Waals surface area contributed by atoms with Crippen LogP contribution in [0.3, 0.4) is 0 Å². The Bertz CT molecular complexity index is 1210. The molecule has 6 rings (SSSR count). The maximum atomic E-state index is 4.82. The summed E-state index contributed by atoms with van der Waals surface area (Å²) in [4.78, 5) is 20.9. The molecule has 0 atom stereocenters. The number of fused-ring (bicyclic) bond motifs is 3. The molecule has 0 bridgehead atoms. The zero-order chi connectivity index (χ0) is 19.4. The van der Waals surface area contributed by atoms with Gasteiger partial charge in [-0.25, -0.2) is 14.6 Å². The Balaban J connectivity index is 1.35. The Morgan fingerprint density at radius 3 is 3.00 bits per heavy atom. The Morgan fingerprint density at radius 1 is 1.07 bits per heavy atom. The molecule has 2 aliphatic rings. The molecule has 4 aromatic rings. The van der Waals surface area contributed by atoms with Gasteiger partial charge in [0.1, 0.15) is 22.8 Å². The van der Waals surface area contributed by atoms with Gasteiger partial charge in [-0.05, 0) is 31.0 Å². The second-order valence-corrected chi connectivity index (χ2v) is 8.90. The minimum absolute atomic E-state index is 0.824. The Kier molecular flexibility index (Phi) is 3.80. The van der Waals surface area contributed by atoms with Crippen molar-refractivity contribution in [2.45, 2.75) is 32.9 Å². The van der Waals surface area contributed by atoms with Crippen molar-refractivity contribution in [3.63, 3.8) is 0 Å². The number of hydrogen-bond donors (Lipinski definition) is 0. The van der Waals surface area contributed by atoms with Crippen molar-refractivity contribution in [3.05, 3.63) is 53.1 Å². The summed E-state index contributed by atoms with van der Waals surface area (Å²) in [7, 11) is 0. The first-order valence-corrected chi connectivity index (χ1v) is 10.8. The zero-order valence-corrected chi connectivity index (χ0v) is 17.1. The van der Waals surface area contributed by atoms with Crippen LogP contribution in [0.25, 0.3) is 10.2 Å². The normalized spacial score (nSPS) is 16.2. The predicted molar refractivity (Wildman–Crippen MR) is 115 cm³/mol. The van der Waals surface area contributed by atoms with E-state index in [1.54, 1.807) is 17.7 Å². The third kappa shape index (κ3) is 2.78. The van der Waals surface area contributed by atoms with Crippen molar-refractivity contribution in [1.82, 2.24) is 24.7 Å². The smallest absolute Gasteiger partial charge is 0.141 e. The van der Waals surface area contributed by atoms with Gasteiger partial charge in [-0.3, -0.25) is 4.98 Å². The molecule has 0 fully saturated rings. The summed E-state index contributed by atoms with van der Waals surface area (Å²) in [6, 6.07) is 6.59. The van der Waals surface area contributed by atoms with Gasteiger partial charge in [0, 0.05) is 49.2 Å². The lowest BCUT2D eigenvalue weighted by molar-refractivity contribution is 0.541. The number of anilines is 3. The van der Waals surface area contributed by atoms with Gasteiger partial charge in [-0.15, -0.1) is 11.3 Å². The van der Waals surface area contributed by atoms with E-state index in [9.17, 15) is 0 Å². The molecule has 0 aliphatic carbocycles. The third-order valence-corrected chi connectivity index (χ3v) is 6.75. The molecule has 0 amide bonds. The third-order valence-electron chi connectivity index (χ3n) is 5.79. The lowest BCUT2D eigenvalue weighted by atomic mass is 10.0. The summed E-state index contributed by atoms with van der Waals surface area (Å²) in [5, 5.41) is 5.59. The number of nitrogens with zero attached hydrogens (tertiary/aromatic N) is 7. The number of pyridine rings is 1. The van der Waals surface area contributed by atoms with Gasteiger partial charge in [0.25, 0.3) is 0 Å². The maximum Gasteiger partial charge on any atom is 0.141 e. The molecule has 0 aromatic carbocycles. The van der Waals surface area contributed by atoms with Crippen molar-refractivity contribution in [2.24, 2.45) is 0 Å². The van der Waals surface area contributed by atoms with Gasteiger partial charge in [0.05, 0.1) is 23.5 Å². The number of rotatable bonds is 2. The quantitative estimate of drug-likeness (QED) is 0.509. The van der Waals surface area contributed by atoms with Crippen LogP contribution < -0.4 is 9.80 Å². The van der Waals surface area contributed by atoms with Gasteiger partial charge in [-0.1, -0.05) is 0 Å². The van der Waals surface area contributed by atoms with Crippen molar-refractivity contribution < 1.29 is 0 Å². The van der Waals surface area contributed by atoms with E-state index in [1.165, 1.54) is 16.1 Å². The lowest BCUT2D eigenvalue weighted by Gasteiger charge is -2.32. The van der Waals surface area contributed by atoms with Gasteiger partial charge in [0.2, 0.25) is 0 Å². The SMILES string of the molecule is Cc1cc2c(N3CCc4ncc(N5CCCn6nccc65)cc4C3)ncnc2s1. The molecule has 7 nitrogen and oxygen atoms in total. The lowest BCUT2D eigenvalue weighted by Crippen LogP contribution is -2.33. The summed E-state index contributed by atoms with van der Waals surface area (Å²) < 4.78 is 2.08. The minimum Gasteiger partial charge on any atom is -0.351 e. The van der Waals surface area contributed by atoms with Crippen molar-refractivity contribution >= 4 is 38.9 Å². The first kappa shape index (κ1) is 16.9. The summed E-state index contributed by atoms with van der Waals surface area (Å²) in [5.74, 6) is 2.18. The Labute approximate surface area is 172 Å². The fourth-order valence-corrected chi connectivity index (χ4v) is 5.28. The molecule has 0 saturated carbocycles. The molecule has 0 unspecified atom stereocenters. The van der Waals surface area contributed by atoms with E-state index in [4.69, 9.17) is 4.98 Å². The number of hydrogen-bond acceptors (Lipinski definition) is 7. The largest absolute Gasteiger partial charge is 0.351 e. The molecule has 0 spiro atoms. The summed E-state index contributed by atoms with van der Waals surface area (Å²) in [6.45, 7) is 5.85. The van der Waals surface area contributed by atoms with Crippen LogP contribution in [0, 0.1) is 6.92 Å². The van der Waals surface area contributed by atoms with Crippen LogP contribution in [0.5, 0.6) is 0 Å². The first-order chi connectivity index (χ1) is 14.3.